The maximum Gasteiger partial charge on any atom is 0.417 e. The smallest absolute Gasteiger partial charge is 0.417 e. The van der Waals surface area contributed by atoms with Gasteiger partial charge >= 0.3 is 6.18 Å². The number of nitrogens with zero attached hydrogens (tertiary/aromatic N) is 3. The molecule has 2 aliphatic rings. The SMILES string of the molecule is CC1(C)C(=O)N(c2ccc(C#N)c(C(F)(F)F)c2)C(=S)N1c1ccc2c(c1)OC[C@@H](CCCO)O2. The van der Waals surface area contributed by atoms with Crippen LogP contribution in [-0.4, -0.2) is 41.0 Å². The molecule has 0 bridgehead atoms. The molecule has 2 aromatic carbocycles. The lowest BCUT2D eigenvalue weighted by Crippen LogP contribution is -2.44. The molecule has 184 valence electrons. The summed E-state index contributed by atoms with van der Waals surface area (Å²) in [7, 11) is 0. The molecule has 7 nitrogen and oxygen atoms in total. The predicted molar refractivity (Wildman–Crippen MR) is 125 cm³/mol. The van der Waals surface area contributed by atoms with Crippen LogP contribution in [0.3, 0.4) is 0 Å². The van der Waals surface area contributed by atoms with Crippen LogP contribution >= 0.6 is 12.2 Å². The molecule has 1 saturated heterocycles. The van der Waals surface area contributed by atoms with E-state index >= 15 is 0 Å². The fourth-order valence-electron chi connectivity index (χ4n) is 4.16. The van der Waals surface area contributed by atoms with Crippen LogP contribution in [0, 0.1) is 11.3 Å². The molecular formula is C24H22F3N3O4S. The van der Waals surface area contributed by atoms with Crippen molar-refractivity contribution in [2.75, 3.05) is 23.0 Å². The van der Waals surface area contributed by atoms with Gasteiger partial charge in [0.25, 0.3) is 5.91 Å². The molecule has 2 heterocycles. The number of fused-ring (bicyclic) bond motifs is 1. The number of ether oxygens (including phenoxy) is 2. The van der Waals surface area contributed by atoms with E-state index in [-0.39, 0.29) is 23.5 Å². The number of anilines is 2. The molecule has 0 unspecified atom stereocenters. The largest absolute Gasteiger partial charge is 0.486 e. The summed E-state index contributed by atoms with van der Waals surface area (Å²) in [6.45, 7) is 3.59. The second-order valence-electron chi connectivity index (χ2n) is 8.70. The second-order valence-corrected chi connectivity index (χ2v) is 9.07. The number of hydrogen-bond acceptors (Lipinski definition) is 6. The van der Waals surface area contributed by atoms with Gasteiger partial charge in [-0.1, -0.05) is 0 Å². The number of benzene rings is 2. The first-order valence-corrected chi connectivity index (χ1v) is 11.2. The van der Waals surface area contributed by atoms with Crippen molar-refractivity contribution in [1.29, 1.82) is 5.26 Å². The van der Waals surface area contributed by atoms with Crippen molar-refractivity contribution in [2.24, 2.45) is 0 Å². The number of carbonyl (C=O) groups excluding carboxylic acids is 1. The molecule has 1 atom stereocenters. The van der Waals surface area contributed by atoms with Crippen LogP contribution in [0.1, 0.15) is 37.8 Å². The summed E-state index contributed by atoms with van der Waals surface area (Å²) in [4.78, 5) is 15.9. The van der Waals surface area contributed by atoms with E-state index in [2.05, 4.69) is 0 Å². The minimum atomic E-state index is -4.77. The van der Waals surface area contributed by atoms with Crippen molar-refractivity contribution in [1.82, 2.24) is 0 Å². The topological polar surface area (TPSA) is 86.0 Å². The van der Waals surface area contributed by atoms with Crippen LogP contribution in [0.15, 0.2) is 36.4 Å². The van der Waals surface area contributed by atoms with E-state index in [4.69, 9.17) is 32.1 Å². The van der Waals surface area contributed by atoms with Crippen molar-refractivity contribution < 1.29 is 32.5 Å². The highest BCUT2D eigenvalue weighted by Crippen LogP contribution is 2.42. The maximum absolute atomic E-state index is 13.5. The Morgan fingerprint density at radius 3 is 2.57 bits per heavy atom. The Morgan fingerprint density at radius 1 is 1.20 bits per heavy atom. The average Bonchev–Trinajstić information content (AvgIpc) is 2.99. The highest BCUT2D eigenvalue weighted by molar-refractivity contribution is 7.81. The van der Waals surface area contributed by atoms with Crippen LogP contribution in [0.4, 0.5) is 24.5 Å². The Bertz CT molecular complexity index is 1230. The summed E-state index contributed by atoms with van der Waals surface area (Å²) in [5, 5.41) is 18.1. The number of amides is 1. The number of thiocarbonyl (C=S) groups is 1. The molecular weight excluding hydrogens is 483 g/mol. The average molecular weight is 506 g/mol. The number of alkyl halides is 3. The molecule has 0 radical (unpaired) electrons. The van der Waals surface area contributed by atoms with Gasteiger partial charge in [0.1, 0.15) is 18.2 Å². The number of halogens is 3. The summed E-state index contributed by atoms with van der Waals surface area (Å²) in [5.74, 6) is 0.445. The zero-order chi connectivity index (χ0) is 25.5. The number of carbonyl (C=O) groups is 1. The van der Waals surface area contributed by atoms with E-state index in [1.807, 2.05) is 0 Å². The molecule has 35 heavy (non-hydrogen) atoms. The molecule has 0 aliphatic carbocycles. The first kappa shape index (κ1) is 24.8. The number of aliphatic hydroxyl groups excluding tert-OH is 1. The Labute approximate surface area is 205 Å². The summed E-state index contributed by atoms with van der Waals surface area (Å²) in [6.07, 6.45) is -3.75. The minimum Gasteiger partial charge on any atom is -0.486 e. The molecule has 1 fully saturated rings. The van der Waals surface area contributed by atoms with Gasteiger partial charge in [-0.25, -0.2) is 0 Å². The van der Waals surface area contributed by atoms with Gasteiger partial charge in [0.15, 0.2) is 16.6 Å². The van der Waals surface area contributed by atoms with Crippen LogP contribution in [0.25, 0.3) is 0 Å². The summed E-state index contributed by atoms with van der Waals surface area (Å²) >= 11 is 5.56. The molecule has 1 amide bonds. The van der Waals surface area contributed by atoms with E-state index in [9.17, 15) is 18.0 Å². The highest BCUT2D eigenvalue weighted by atomic mass is 32.1. The predicted octanol–water partition coefficient (Wildman–Crippen LogP) is 4.41. The van der Waals surface area contributed by atoms with Gasteiger partial charge in [-0.2, -0.15) is 18.4 Å². The quantitative estimate of drug-likeness (QED) is 0.603. The molecule has 1 N–H and O–H groups in total. The van der Waals surface area contributed by atoms with Crippen LogP contribution in [-0.2, 0) is 11.0 Å². The number of rotatable bonds is 5. The zero-order valence-electron chi connectivity index (χ0n) is 18.9. The molecule has 2 aliphatic heterocycles. The lowest BCUT2D eigenvalue weighted by molar-refractivity contribution is -0.137. The van der Waals surface area contributed by atoms with Crippen molar-refractivity contribution in [3.63, 3.8) is 0 Å². The molecule has 0 spiro atoms. The Morgan fingerprint density at radius 2 is 1.91 bits per heavy atom. The van der Waals surface area contributed by atoms with Gasteiger partial charge in [-0.15, -0.1) is 0 Å². The number of hydrogen-bond donors (Lipinski definition) is 1. The third-order valence-electron chi connectivity index (χ3n) is 5.94. The van der Waals surface area contributed by atoms with Crippen molar-refractivity contribution >= 4 is 34.6 Å². The molecule has 11 heteroatoms. The van der Waals surface area contributed by atoms with Gasteiger partial charge in [-0.05, 0) is 69.2 Å². The first-order chi connectivity index (χ1) is 16.5. The lowest BCUT2D eigenvalue weighted by atomic mass is 10.0. The number of nitriles is 1. The first-order valence-electron chi connectivity index (χ1n) is 10.8. The van der Waals surface area contributed by atoms with E-state index < -0.39 is 28.7 Å². The molecule has 2 aromatic rings. The number of aliphatic hydroxyl groups is 1. The third-order valence-corrected chi connectivity index (χ3v) is 6.31. The second kappa shape index (κ2) is 9.02. The normalized spacial score (nSPS) is 19.2. The molecule has 4 rings (SSSR count). The summed E-state index contributed by atoms with van der Waals surface area (Å²) in [6, 6.07) is 9.65. The van der Waals surface area contributed by atoms with E-state index in [1.165, 1.54) is 12.1 Å². The van der Waals surface area contributed by atoms with E-state index in [0.29, 0.717) is 36.6 Å². The van der Waals surface area contributed by atoms with Crippen LogP contribution < -0.4 is 19.3 Å². The highest BCUT2D eigenvalue weighted by Gasteiger charge is 2.51. The van der Waals surface area contributed by atoms with Gasteiger partial charge in [0.05, 0.1) is 22.9 Å². The summed E-state index contributed by atoms with van der Waals surface area (Å²) in [5.41, 5.74) is -2.46. The third kappa shape index (κ3) is 4.39. The molecule has 0 aromatic heterocycles. The monoisotopic (exact) mass is 505 g/mol. The van der Waals surface area contributed by atoms with Gasteiger partial charge in [-0.3, -0.25) is 9.69 Å². The Hall–Kier alpha value is -3.36. The standard InChI is InChI=1S/C24H22F3N3O4S/c1-23(2)21(32)29(15-6-5-14(12-28)18(10-15)24(25,26)27)22(35)30(23)16-7-8-19-20(11-16)33-13-17(34-19)4-3-9-31/h5-8,10-11,17,31H,3-4,9,13H2,1-2H3/t17-/m1/s1. The minimum absolute atomic E-state index is 0.00432. The Kier molecular flexibility index (Phi) is 6.38. The molecule has 0 saturated carbocycles. The maximum atomic E-state index is 13.5. The van der Waals surface area contributed by atoms with Crippen LogP contribution in [0.5, 0.6) is 11.5 Å². The van der Waals surface area contributed by atoms with E-state index in [1.54, 1.807) is 36.9 Å². The van der Waals surface area contributed by atoms with Crippen molar-refractivity contribution in [3.8, 4) is 17.6 Å². The van der Waals surface area contributed by atoms with Crippen molar-refractivity contribution in [3.05, 3.63) is 47.5 Å². The fraction of sp³-hybridized carbons (Fsp3) is 0.375. The zero-order valence-corrected chi connectivity index (χ0v) is 19.7. The van der Waals surface area contributed by atoms with E-state index in [0.717, 1.165) is 17.0 Å². The van der Waals surface area contributed by atoms with Crippen LogP contribution in [0.2, 0.25) is 0 Å². The van der Waals surface area contributed by atoms with Gasteiger partial charge in [0.2, 0.25) is 0 Å². The Balaban J connectivity index is 1.68. The summed E-state index contributed by atoms with van der Waals surface area (Å²) < 4.78 is 52.3. The lowest BCUT2D eigenvalue weighted by Gasteiger charge is -2.31. The van der Waals surface area contributed by atoms with Gasteiger partial charge < -0.3 is 19.5 Å². The fourth-order valence-corrected chi connectivity index (χ4v) is 4.68. The van der Waals surface area contributed by atoms with Crippen molar-refractivity contribution in [2.45, 2.75) is 44.5 Å². The van der Waals surface area contributed by atoms with Gasteiger partial charge in [0, 0.05) is 18.4 Å².